The molecule has 3 heterocycles. The zero-order valence-corrected chi connectivity index (χ0v) is 16.0. The first-order chi connectivity index (χ1) is 12.7. The molecule has 0 saturated carbocycles. The van der Waals surface area contributed by atoms with Crippen LogP contribution in [0.1, 0.15) is 30.5 Å². The van der Waals surface area contributed by atoms with Gasteiger partial charge in [0, 0.05) is 43.4 Å². The van der Waals surface area contributed by atoms with Crippen LogP contribution in [-0.2, 0) is 29.0 Å². The summed E-state index contributed by atoms with van der Waals surface area (Å²) in [4.78, 5) is 15.7. The molecule has 0 unspecified atom stereocenters. The SMILES string of the molecule is C[C@H](Cc1cccs1)NC(=O)CCCn1nnnc1CN1CCOCC1. The summed E-state index contributed by atoms with van der Waals surface area (Å²) in [5.41, 5.74) is 0. The zero-order chi connectivity index (χ0) is 18.2. The summed E-state index contributed by atoms with van der Waals surface area (Å²) in [5, 5.41) is 17.1. The number of carbonyl (C=O) groups excluding carboxylic acids is 1. The summed E-state index contributed by atoms with van der Waals surface area (Å²) in [6, 6.07) is 4.28. The minimum Gasteiger partial charge on any atom is -0.379 e. The summed E-state index contributed by atoms with van der Waals surface area (Å²) in [7, 11) is 0. The van der Waals surface area contributed by atoms with Gasteiger partial charge in [0.25, 0.3) is 0 Å². The average molecular weight is 379 g/mol. The number of tetrazole rings is 1. The first-order valence-electron chi connectivity index (χ1n) is 9.07. The third-order valence-corrected chi connectivity index (χ3v) is 5.24. The van der Waals surface area contributed by atoms with Crippen molar-refractivity contribution < 1.29 is 9.53 Å². The van der Waals surface area contributed by atoms with E-state index < -0.39 is 0 Å². The predicted molar refractivity (Wildman–Crippen MR) is 98.8 cm³/mol. The molecule has 0 radical (unpaired) electrons. The molecule has 2 aromatic rings. The van der Waals surface area contributed by atoms with Crippen LogP contribution in [0.25, 0.3) is 0 Å². The van der Waals surface area contributed by atoms with Gasteiger partial charge in [-0.15, -0.1) is 16.4 Å². The number of nitrogens with zero attached hydrogens (tertiary/aromatic N) is 5. The van der Waals surface area contributed by atoms with Crippen molar-refractivity contribution in [3.63, 3.8) is 0 Å². The van der Waals surface area contributed by atoms with Crippen molar-refractivity contribution in [2.75, 3.05) is 26.3 Å². The highest BCUT2D eigenvalue weighted by Gasteiger charge is 2.15. The topological polar surface area (TPSA) is 85.2 Å². The summed E-state index contributed by atoms with van der Waals surface area (Å²) >= 11 is 1.72. The van der Waals surface area contributed by atoms with Crippen LogP contribution in [0.4, 0.5) is 0 Å². The second-order valence-electron chi connectivity index (χ2n) is 6.56. The standard InChI is InChI=1S/C17H26N6O2S/c1-14(12-15-4-3-11-26-15)18-17(24)5-2-6-23-16(19-20-21-23)13-22-7-9-25-10-8-22/h3-4,11,14H,2,5-10,12-13H2,1H3,(H,18,24)/t14-/m1/s1. The van der Waals surface area contributed by atoms with E-state index in [9.17, 15) is 4.79 Å². The molecule has 26 heavy (non-hydrogen) atoms. The Bertz CT molecular complexity index is 669. The van der Waals surface area contributed by atoms with Gasteiger partial charge in [0.15, 0.2) is 5.82 Å². The highest BCUT2D eigenvalue weighted by molar-refractivity contribution is 7.09. The number of hydrogen-bond acceptors (Lipinski definition) is 7. The van der Waals surface area contributed by atoms with Crippen molar-refractivity contribution in [1.82, 2.24) is 30.4 Å². The minimum absolute atomic E-state index is 0.0804. The number of morpholine rings is 1. The molecule has 0 aliphatic carbocycles. The van der Waals surface area contributed by atoms with Gasteiger partial charge in [-0.05, 0) is 35.2 Å². The van der Waals surface area contributed by atoms with E-state index in [1.54, 1.807) is 16.0 Å². The molecule has 3 rings (SSSR count). The Morgan fingerprint density at radius 1 is 1.42 bits per heavy atom. The van der Waals surface area contributed by atoms with E-state index in [-0.39, 0.29) is 11.9 Å². The highest BCUT2D eigenvalue weighted by atomic mass is 32.1. The number of aryl methyl sites for hydroxylation is 1. The molecular weight excluding hydrogens is 352 g/mol. The van der Waals surface area contributed by atoms with E-state index >= 15 is 0 Å². The van der Waals surface area contributed by atoms with Crippen molar-refractivity contribution in [1.29, 1.82) is 0 Å². The highest BCUT2D eigenvalue weighted by Crippen LogP contribution is 2.11. The van der Waals surface area contributed by atoms with Crippen molar-refractivity contribution in [2.24, 2.45) is 0 Å². The van der Waals surface area contributed by atoms with Crippen molar-refractivity contribution in [3.05, 3.63) is 28.2 Å². The van der Waals surface area contributed by atoms with Crippen LogP contribution in [0.2, 0.25) is 0 Å². The maximum absolute atomic E-state index is 12.1. The molecule has 1 fully saturated rings. The van der Waals surface area contributed by atoms with E-state index in [1.165, 1.54) is 4.88 Å². The number of carbonyl (C=O) groups is 1. The third kappa shape index (κ3) is 5.86. The number of amides is 1. The fraction of sp³-hybridized carbons (Fsp3) is 0.647. The van der Waals surface area contributed by atoms with E-state index in [1.807, 2.05) is 13.0 Å². The Morgan fingerprint density at radius 3 is 3.04 bits per heavy atom. The quantitative estimate of drug-likeness (QED) is 0.703. The van der Waals surface area contributed by atoms with Gasteiger partial charge in [0.1, 0.15) is 0 Å². The maximum Gasteiger partial charge on any atom is 0.220 e. The lowest BCUT2D eigenvalue weighted by Gasteiger charge is -2.25. The molecule has 2 aromatic heterocycles. The molecule has 1 N–H and O–H groups in total. The second-order valence-corrected chi connectivity index (χ2v) is 7.59. The molecule has 0 spiro atoms. The number of thiophene rings is 1. The van der Waals surface area contributed by atoms with Gasteiger partial charge < -0.3 is 10.1 Å². The van der Waals surface area contributed by atoms with Crippen LogP contribution in [0, 0.1) is 0 Å². The average Bonchev–Trinajstić information content (AvgIpc) is 3.28. The Hall–Kier alpha value is -1.84. The summed E-state index contributed by atoms with van der Waals surface area (Å²) < 4.78 is 7.16. The normalized spacial score (nSPS) is 16.5. The molecule has 1 amide bonds. The van der Waals surface area contributed by atoms with Crippen molar-refractivity contribution in [2.45, 2.75) is 45.3 Å². The first-order valence-corrected chi connectivity index (χ1v) is 9.95. The number of ether oxygens (including phenoxy) is 1. The molecule has 8 nitrogen and oxygen atoms in total. The van der Waals surface area contributed by atoms with E-state index in [0.29, 0.717) is 13.0 Å². The molecule has 0 bridgehead atoms. The van der Waals surface area contributed by atoms with Gasteiger partial charge in [-0.3, -0.25) is 9.69 Å². The Morgan fingerprint density at radius 2 is 2.27 bits per heavy atom. The zero-order valence-electron chi connectivity index (χ0n) is 15.1. The summed E-state index contributed by atoms with van der Waals surface area (Å²) in [6.07, 6.45) is 2.07. The van der Waals surface area contributed by atoms with Crippen LogP contribution in [0.3, 0.4) is 0 Å². The minimum atomic E-state index is 0.0804. The van der Waals surface area contributed by atoms with E-state index in [0.717, 1.165) is 51.5 Å². The Balaban J connectivity index is 1.37. The Labute approximate surface area is 157 Å². The van der Waals surface area contributed by atoms with Crippen molar-refractivity contribution in [3.8, 4) is 0 Å². The van der Waals surface area contributed by atoms with Gasteiger partial charge in [-0.2, -0.15) is 0 Å². The van der Waals surface area contributed by atoms with Gasteiger partial charge >= 0.3 is 0 Å². The number of aromatic nitrogens is 4. The maximum atomic E-state index is 12.1. The molecule has 9 heteroatoms. The van der Waals surface area contributed by atoms with Crippen LogP contribution in [-0.4, -0.2) is 63.4 Å². The van der Waals surface area contributed by atoms with Gasteiger partial charge in [-0.25, -0.2) is 4.68 Å². The smallest absolute Gasteiger partial charge is 0.220 e. The molecular formula is C17H26N6O2S. The number of rotatable bonds is 9. The predicted octanol–water partition coefficient (Wildman–Crippen LogP) is 1.09. The van der Waals surface area contributed by atoms with Crippen LogP contribution >= 0.6 is 11.3 Å². The fourth-order valence-electron chi connectivity index (χ4n) is 2.99. The van der Waals surface area contributed by atoms with Crippen LogP contribution < -0.4 is 5.32 Å². The summed E-state index contributed by atoms with van der Waals surface area (Å²) in [5.74, 6) is 0.926. The lowest BCUT2D eigenvalue weighted by molar-refractivity contribution is -0.121. The first kappa shape index (κ1) is 18.9. The largest absolute Gasteiger partial charge is 0.379 e. The van der Waals surface area contributed by atoms with Gasteiger partial charge in [0.2, 0.25) is 5.91 Å². The van der Waals surface area contributed by atoms with Gasteiger partial charge in [-0.1, -0.05) is 6.07 Å². The fourth-order valence-corrected chi connectivity index (χ4v) is 3.82. The van der Waals surface area contributed by atoms with E-state index in [2.05, 4.69) is 37.2 Å². The molecule has 0 aromatic carbocycles. The van der Waals surface area contributed by atoms with Crippen LogP contribution in [0.15, 0.2) is 17.5 Å². The van der Waals surface area contributed by atoms with E-state index in [4.69, 9.17) is 4.74 Å². The van der Waals surface area contributed by atoms with Gasteiger partial charge in [0.05, 0.1) is 19.8 Å². The molecule has 1 aliphatic heterocycles. The number of nitrogens with one attached hydrogen (secondary N) is 1. The lowest BCUT2D eigenvalue weighted by atomic mass is 10.2. The monoisotopic (exact) mass is 378 g/mol. The van der Waals surface area contributed by atoms with Crippen LogP contribution in [0.5, 0.6) is 0 Å². The second kappa shape index (κ2) is 9.75. The lowest BCUT2D eigenvalue weighted by Crippen LogP contribution is -2.36. The van der Waals surface area contributed by atoms with Crippen molar-refractivity contribution >= 4 is 17.2 Å². The molecule has 1 aliphatic rings. The molecule has 1 atom stereocenters. The number of hydrogen-bond donors (Lipinski definition) is 1. The third-order valence-electron chi connectivity index (χ3n) is 4.34. The summed E-state index contributed by atoms with van der Waals surface area (Å²) in [6.45, 7) is 6.73. The molecule has 142 valence electrons. The molecule has 1 saturated heterocycles. The Kier molecular flexibility index (Phi) is 7.10.